The second-order valence-electron chi connectivity index (χ2n) is 12.5. The van der Waals surface area contributed by atoms with Gasteiger partial charge in [-0.05, 0) is 118 Å². The van der Waals surface area contributed by atoms with Crippen LogP contribution in [0.4, 0.5) is 0 Å². The van der Waals surface area contributed by atoms with Crippen molar-refractivity contribution in [2.45, 2.75) is 0 Å². The van der Waals surface area contributed by atoms with Gasteiger partial charge in [-0.2, -0.15) is 0 Å². The van der Waals surface area contributed by atoms with Gasteiger partial charge in [0.2, 0.25) is 0 Å². The normalized spacial score (nSPS) is 16.0. The zero-order valence-corrected chi connectivity index (χ0v) is 26.6. The fraction of sp³-hybridized carbons (Fsp3) is 0. The smallest absolute Gasteiger partial charge is 0.136 e. The molecule has 0 fully saturated rings. The third-order valence-electron chi connectivity index (χ3n) is 9.70. The van der Waals surface area contributed by atoms with Crippen molar-refractivity contribution < 1.29 is 25.0 Å². The SMILES string of the molecule is [2H]c1c([2H])c([2H])c2c([2H])c(-c3c4c([2H])c([2H])c([2H])c([2H])c4c(-c4ccc5cc(-c6cccc7oc8ccc9ccccc9c8c67)ccc5c4)c4c([2H])c([2H])c([2H])c([2H])c34)c([2H])c([2H])c2c1[2H]. The Hall–Kier alpha value is -6.70. The molecule has 11 aromatic rings. The molecule has 0 saturated carbocycles. The Bertz CT molecular complexity index is 3980. The average molecular weight is 662 g/mol. The first-order valence-corrected chi connectivity index (χ1v) is 16.4. The Morgan fingerprint density at radius 1 is 0.373 bits per heavy atom. The fourth-order valence-electron chi connectivity index (χ4n) is 7.47. The maximum absolute atomic E-state index is 9.47. The summed E-state index contributed by atoms with van der Waals surface area (Å²) in [5, 5.41) is 3.81. The molecule has 236 valence electrons. The topological polar surface area (TPSA) is 13.1 Å². The summed E-state index contributed by atoms with van der Waals surface area (Å²) < 4.78 is 141. The second kappa shape index (κ2) is 10.9. The summed E-state index contributed by atoms with van der Waals surface area (Å²) in [6.45, 7) is 0. The molecule has 1 nitrogen and oxygen atoms in total. The molecule has 0 aliphatic heterocycles. The highest BCUT2D eigenvalue weighted by Gasteiger charge is 2.18. The largest absolute Gasteiger partial charge is 0.456 e. The number of hydrogen-bond acceptors (Lipinski definition) is 1. The molecule has 10 aromatic carbocycles. The van der Waals surface area contributed by atoms with Crippen molar-refractivity contribution in [1.29, 1.82) is 0 Å². The standard InChI is InChI=1S/C50H30O/c1-2-12-33-29-37(24-20-31(33)10-1)47-41-14-5-7-16-43(41)48(44-17-8-6-15-42(44)47)38-25-22-34-28-36(23-21-35(34)30-38)40-18-9-19-45-50(40)49-39-13-4-3-11-32(39)26-27-46(49)51-45/h1-30H/i1D,2D,5D,6D,7D,8D,10D,12D,14D,15D,16D,17D,20D,24D,29D. The number of fused-ring (bicyclic) bond motifs is 9. The Balaban J connectivity index is 1.24. The van der Waals surface area contributed by atoms with Gasteiger partial charge < -0.3 is 4.42 Å². The number of benzene rings is 10. The van der Waals surface area contributed by atoms with Gasteiger partial charge in [0.05, 0.1) is 20.6 Å². The van der Waals surface area contributed by atoms with E-state index in [0.29, 0.717) is 10.9 Å². The van der Waals surface area contributed by atoms with Gasteiger partial charge in [0.15, 0.2) is 0 Å². The van der Waals surface area contributed by atoms with Crippen LogP contribution in [0.5, 0.6) is 0 Å². The summed E-state index contributed by atoms with van der Waals surface area (Å²) >= 11 is 0. The molecule has 0 amide bonds. The van der Waals surface area contributed by atoms with Crippen LogP contribution < -0.4 is 0 Å². The van der Waals surface area contributed by atoms with Gasteiger partial charge in [0.1, 0.15) is 11.2 Å². The molecule has 11 rings (SSSR count). The van der Waals surface area contributed by atoms with Crippen LogP contribution >= 0.6 is 0 Å². The number of hydrogen-bond donors (Lipinski definition) is 0. The molecule has 0 radical (unpaired) electrons. The first-order chi connectivity index (χ1) is 31.5. The molecule has 1 heteroatoms. The molecule has 51 heavy (non-hydrogen) atoms. The van der Waals surface area contributed by atoms with Crippen LogP contribution in [0.1, 0.15) is 20.6 Å². The van der Waals surface area contributed by atoms with Crippen molar-refractivity contribution >= 4 is 75.8 Å². The monoisotopic (exact) mass is 661 g/mol. The lowest BCUT2D eigenvalue weighted by Crippen LogP contribution is -1.91. The van der Waals surface area contributed by atoms with E-state index < -0.39 is 107 Å². The van der Waals surface area contributed by atoms with Crippen LogP contribution in [-0.4, -0.2) is 0 Å². The summed E-state index contributed by atoms with van der Waals surface area (Å²) in [4.78, 5) is 0. The van der Waals surface area contributed by atoms with E-state index in [2.05, 4.69) is 12.1 Å². The minimum atomic E-state index is -0.735. The molecule has 1 heterocycles. The van der Waals surface area contributed by atoms with E-state index in [9.17, 15) is 8.22 Å². The maximum atomic E-state index is 9.47. The molecular formula is C50H30O. The highest BCUT2D eigenvalue weighted by atomic mass is 16.3. The van der Waals surface area contributed by atoms with Gasteiger partial charge in [0.25, 0.3) is 0 Å². The zero-order valence-electron chi connectivity index (χ0n) is 41.6. The van der Waals surface area contributed by atoms with E-state index in [4.69, 9.17) is 16.8 Å². The molecule has 0 aliphatic carbocycles. The first kappa shape index (κ1) is 17.3. The van der Waals surface area contributed by atoms with Crippen molar-refractivity contribution in [3.05, 3.63) is 182 Å². The quantitative estimate of drug-likeness (QED) is 0.172. The average Bonchev–Trinajstić information content (AvgIpc) is 3.72. The summed E-state index contributed by atoms with van der Waals surface area (Å²) in [5.74, 6) is 0. The zero-order chi connectivity index (χ0) is 46.5. The molecule has 0 atom stereocenters. The molecule has 1 aromatic heterocycles. The van der Waals surface area contributed by atoms with Crippen molar-refractivity contribution in [2.75, 3.05) is 0 Å². The minimum absolute atomic E-state index is 0.0436. The molecule has 0 spiro atoms. The summed E-state index contributed by atoms with van der Waals surface area (Å²) in [6, 6.07) is 19.3. The highest BCUT2D eigenvalue weighted by Crippen LogP contribution is 2.45. The van der Waals surface area contributed by atoms with E-state index >= 15 is 0 Å². The highest BCUT2D eigenvalue weighted by molar-refractivity contribution is 6.24. The second-order valence-corrected chi connectivity index (χ2v) is 12.5. The van der Waals surface area contributed by atoms with Crippen LogP contribution in [0.2, 0.25) is 0 Å². The van der Waals surface area contributed by atoms with Gasteiger partial charge in [0, 0.05) is 10.8 Å². The fourth-order valence-corrected chi connectivity index (χ4v) is 7.47. The molecule has 0 N–H and O–H groups in total. The van der Waals surface area contributed by atoms with Crippen LogP contribution in [0.25, 0.3) is 109 Å². The molecule has 0 saturated heterocycles. The Labute approximate surface area is 315 Å². The summed E-state index contributed by atoms with van der Waals surface area (Å²) in [7, 11) is 0. The van der Waals surface area contributed by atoms with Crippen molar-refractivity contribution in [3.8, 4) is 33.4 Å². The van der Waals surface area contributed by atoms with Crippen molar-refractivity contribution in [3.63, 3.8) is 0 Å². The predicted molar refractivity (Wildman–Crippen MR) is 218 cm³/mol. The molecule has 0 unspecified atom stereocenters. The van der Waals surface area contributed by atoms with Crippen molar-refractivity contribution in [2.24, 2.45) is 0 Å². The van der Waals surface area contributed by atoms with E-state index in [1.807, 2.05) is 66.7 Å². The van der Waals surface area contributed by atoms with E-state index in [-0.39, 0.29) is 32.7 Å². The molecule has 0 bridgehead atoms. The van der Waals surface area contributed by atoms with Crippen LogP contribution in [0.15, 0.2) is 186 Å². The predicted octanol–water partition coefficient (Wildman–Crippen LogP) is 14.4. The van der Waals surface area contributed by atoms with Crippen molar-refractivity contribution in [1.82, 2.24) is 0 Å². The lowest BCUT2D eigenvalue weighted by Gasteiger charge is -2.18. The van der Waals surface area contributed by atoms with Crippen LogP contribution in [0.3, 0.4) is 0 Å². The van der Waals surface area contributed by atoms with E-state index in [0.717, 1.165) is 49.2 Å². The van der Waals surface area contributed by atoms with E-state index in [1.54, 1.807) is 12.1 Å². The lowest BCUT2D eigenvalue weighted by atomic mass is 9.85. The van der Waals surface area contributed by atoms with Gasteiger partial charge in [-0.1, -0.05) is 151 Å². The van der Waals surface area contributed by atoms with Gasteiger partial charge in [-0.15, -0.1) is 0 Å². The first-order valence-electron chi connectivity index (χ1n) is 23.9. The number of rotatable bonds is 3. The number of furan rings is 1. The summed E-state index contributed by atoms with van der Waals surface area (Å²) in [5.41, 5.74) is 2.85. The molecular weight excluding hydrogens is 617 g/mol. The lowest BCUT2D eigenvalue weighted by molar-refractivity contribution is 0.669. The molecule has 0 aliphatic rings. The Morgan fingerprint density at radius 3 is 1.75 bits per heavy atom. The summed E-state index contributed by atoms with van der Waals surface area (Å²) in [6.07, 6.45) is 0. The van der Waals surface area contributed by atoms with Crippen LogP contribution in [0, 0.1) is 0 Å². The minimum Gasteiger partial charge on any atom is -0.456 e. The maximum Gasteiger partial charge on any atom is 0.136 e. The Kier molecular flexibility index (Phi) is 3.70. The Morgan fingerprint density at radius 2 is 0.980 bits per heavy atom. The van der Waals surface area contributed by atoms with Gasteiger partial charge in [-0.25, -0.2) is 0 Å². The third kappa shape index (κ3) is 4.28. The van der Waals surface area contributed by atoms with Gasteiger partial charge >= 0.3 is 0 Å². The third-order valence-corrected chi connectivity index (χ3v) is 9.70. The van der Waals surface area contributed by atoms with E-state index in [1.165, 1.54) is 0 Å². The van der Waals surface area contributed by atoms with Crippen LogP contribution in [-0.2, 0) is 0 Å². The van der Waals surface area contributed by atoms with Gasteiger partial charge in [-0.3, -0.25) is 0 Å².